The molecule has 1 fully saturated rings. The van der Waals surface area contributed by atoms with E-state index in [9.17, 15) is 9.59 Å². The van der Waals surface area contributed by atoms with Gasteiger partial charge in [-0.2, -0.15) is 4.80 Å². The summed E-state index contributed by atoms with van der Waals surface area (Å²) in [5.41, 5.74) is 5.58. The summed E-state index contributed by atoms with van der Waals surface area (Å²) in [6, 6.07) is 18.3. The van der Waals surface area contributed by atoms with Crippen molar-refractivity contribution in [3.05, 3.63) is 112 Å². The van der Waals surface area contributed by atoms with Crippen LogP contribution in [0.2, 0.25) is 0 Å². The van der Waals surface area contributed by atoms with Gasteiger partial charge in [0.05, 0.1) is 13.0 Å². The van der Waals surface area contributed by atoms with Crippen LogP contribution in [0.1, 0.15) is 102 Å². The number of pyridine rings is 2. The van der Waals surface area contributed by atoms with E-state index >= 15 is 0 Å². The smallest absolute Gasteiger partial charge is 0.313 e. The number of benzene rings is 1. The number of esters is 2. The topological polar surface area (TPSA) is 194 Å². The van der Waals surface area contributed by atoms with Crippen molar-refractivity contribution in [2.75, 3.05) is 30.5 Å². The first kappa shape index (κ1) is 39.3. The lowest BCUT2D eigenvalue weighted by atomic mass is 9.83. The first-order valence-electron chi connectivity index (χ1n) is 21.3. The van der Waals surface area contributed by atoms with E-state index in [-0.39, 0.29) is 31.5 Å². The van der Waals surface area contributed by atoms with Gasteiger partial charge in [0.25, 0.3) is 0 Å². The highest BCUT2D eigenvalue weighted by atomic mass is 16.7. The van der Waals surface area contributed by atoms with Crippen LogP contribution < -0.4 is 10.6 Å². The maximum atomic E-state index is 13.5. The van der Waals surface area contributed by atoms with E-state index in [1.54, 1.807) is 4.80 Å². The van der Waals surface area contributed by atoms with Gasteiger partial charge in [-0.15, -0.1) is 20.4 Å². The average Bonchev–Trinajstić information content (AvgIpc) is 3.66. The summed E-state index contributed by atoms with van der Waals surface area (Å²) in [6.07, 6.45) is 10.8. The molecule has 16 heteroatoms. The summed E-state index contributed by atoms with van der Waals surface area (Å²) in [5.74, 6) is 1.56. The SMILES string of the molecule is O=C(CC1CC1c1nnn(CCCc2ccc3c(n2)NCCC3)n1)OC(=O)CC(Cc1ccccc1)C(C1=COCO1)c1nnc(CCCc2ccc3c(n2)NCCC3)o1. The van der Waals surface area contributed by atoms with Crippen molar-refractivity contribution < 1.29 is 28.2 Å². The van der Waals surface area contributed by atoms with Gasteiger partial charge in [-0.05, 0) is 110 Å². The van der Waals surface area contributed by atoms with Crippen LogP contribution in [0, 0.1) is 11.8 Å². The summed E-state index contributed by atoms with van der Waals surface area (Å²) in [6.45, 7) is 2.55. The minimum Gasteiger partial charge on any atom is -0.462 e. The fourth-order valence-electron chi connectivity index (χ4n) is 8.45. The average molecular weight is 815 g/mol. The predicted molar refractivity (Wildman–Crippen MR) is 217 cm³/mol. The van der Waals surface area contributed by atoms with Crippen molar-refractivity contribution in [1.29, 1.82) is 0 Å². The Morgan fingerprint density at radius 3 is 2.33 bits per heavy atom. The van der Waals surface area contributed by atoms with Crippen LogP contribution >= 0.6 is 0 Å². The van der Waals surface area contributed by atoms with Crippen molar-refractivity contribution in [1.82, 2.24) is 40.4 Å². The zero-order valence-electron chi connectivity index (χ0n) is 33.6. The number of nitrogens with zero attached hydrogens (tertiary/aromatic N) is 8. The number of aryl methyl sites for hydroxylation is 6. The number of hydrogen-bond donors (Lipinski definition) is 2. The molecule has 4 unspecified atom stereocenters. The molecule has 0 bridgehead atoms. The summed E-state index contributed by atoms with van der Waals surface area (Å²) in [4.78, 5) is 37.9. The number of allylic oxidation sites excluding steroid dienone is 1. The van der Waals surface area contributed by atoms with Crippen LogP contribution in [-0.4, -0.2) is 72.2 Å². The minimum atomic E-state index is -0.636. The Morgan fingerprint density at radius 2 is 1.60 bits per heavy atom. The molecule has 3 aliphatic heterocycles. The highest BCUT2D eigenvalue weighted by molar-refractivity contribution is 5.86. The Labute approximate surface area is 347 Å². The predicted octanol–water partition coefficient (Wildman–Crippen LogP) is 5.81. The molecule has 60 heavy (non-hydrogen) atoms. The van der Waals surface area contributed by atoms with E-state index in [0.717, 1.165) is 99.5 Å². The summed E-state index contributed by atoms with van der Waals surface area (Å²) in [5, 5.41) is 28.7. The second-order valence-corrected chi connectivity index (χ2v) is 16.1. The molecular formula is C44H50N10O6. The molecule has 1 saturated carbocycles. The zero-order valence-corrected chi connectivity index (χ0v) is 33.6. The first-order valence-corrected chi connectivity index (χ1v) is 21.3. The molecule has 4 atom stereocenters. The number of tetrazole rings is 1. The summed E-state index contributed by atoms with van der Waals surface area (Å²) in [7, 11) is 0. The van der Waals surface area contributed by atoms with E-state index in [1.807, 2.05) is 30.3 Å². The van der Waals surface area contributed by atoms with Gasteiger partial charge in [-0.3, -0.25) is 9.59 Å². The molecule has 0 spiro atoms. The first-order chi connectivity index (χ1) is 29.5. The van der Waals surface area contributed by atoms with Crippen molar-refractivity contribution >= 4 is 23.6 Å². The van der Waals surface area contributed by atoms with E-state index in [0.29, 0.717) is 42.8 Å². The third-order valence-corrected chi connectivity index (χ3v) is 11.7. The van der Waals surface area contributed by atoms with Gasteiger partial charge in [-0.25, -0.2) is 9.97 Å². The van der Waals surface area contributed by atoms with Crippen LogP contribution in [0.4, 0.5) is 11.6 Å². The molecule has 7 heterocycles. The Kier molecular flexibility index (Phi) is 12.0. The lowest BCUT2D eigenvalue weighted by Gasteiger charge is -2.24. The molecule has 4 aromatic heterocycles. The molecule has 0 saturated heterocycles. The Morgan fingerprint density at radius 1 is 0.850 bits per heavy atom. The van der Waals surface area contributed by atoms with E-state index in [1.165, 1.54) is 17.4 Å². The summed E-state index contributed by atoms with van der Waals surface area (Å²) < 4.78 is 23.1. The minimum absolute atomic E-state index is 0.00515. The summed E-state index contributed by atoms with van der Waals surface area (Å²) >= 11 is 0. The molecule has 312 valence electrons. The van der Waals surface area contributed by atoms with Gasteiger partial charge >= 0.3 is 11.9 Å². The third kappa shape index (κ3) is 9.80. The molecule has 9 rings (SSSR count). The van der Waals surface area contributed by atoms with Crippen LogP contribution in [-0.2, 0) is 68.9 Å². The van der Waals surface area contributed by atoms with E-state index < -0.39 is 23.8 Å². The lowest BCUT2D eigenvalue weighted by Crippen LogP contribution is -2.24. The fourth-order valence-corrected chi connectivity index (χ4v) is 8.45. The second-order valence-electron chi connectivity index (χ2n) is 16.1. The number of carbonyl (C=O) groups excluding carboxylic acids is 2. The van der Waals surface area contributed by atoms with Crippen molar-refractivity contribution in [3.8, 4) is 0 Å². The highest BCUT2D eigenvalue weighted by Crippen LogP contribution is 2.48. The number of fused-ring (bicyclic) bond motifs is 2. The molecule has 5 aromatic rings. The largest absolute Gasteiger partial charge is 0.462 e. The molecular weight excluding hydrogens is 765 g/mol. The second kappa shape index (κ2) is 18.4. The fraction of sp³-hybridized carbons (Fsp3) is 0.477. The standard InChI is InChI=1S/C44H50N10O6/c55-38(24-31-23-35(31)43-50-53-54(52-43)21-7-13-34-18-16-30-11-6-20-46-42(30)48-34)60-39(56)25-32(22-28-8-2-1-3-9-28)40(36-26-57-27-58-36)44-51-49-37(59-44)14-4-12-33-17-15-29-10-5-19-45-41(29)47-33/h1-3,8-9,15-18,26,31-32,35,40H,4-7,10-14,19-25,27H2,(H,45,47)(H,46,48). The van der Waals surface area contributed by atoms with E-state index in [2.05, 4.69) is 60.5 Å². The van der Waals surface area contributed by atoms with Crippen molar-refractivity contribution in [2.24, 2.45) is 11.8 Å². The van der Waals surface area contributed by atoms with Crippen LogP contribution in [0.3, 0.4) is 0 Å². The number of nitrogens with one attached hydrogen (secondary N) is 2. The lowest BCUT2D eigenvalue weighted by molar-refractivity contribution is -0.160. The number of anilines is 2. The number of ether oxygens (including phenoxy) is 3. The molecule has 0 amide bonds. The number of aromatic nitrogens is 8. The van der Waals surface area contributed by atoms with Gasteiger partial charge in [-0.1, -0.05) is 42.5 Å². The van der Waals surface area contributed by atoms with E-state index in [4.69, 9.17) is 28.6 Å². The molecule has 1 aromatic carbocycles. The number of rotatable bonds is 18. The highest BCUT2D eigenvalue weighted by Gasteiger charge is 2.44. The number of carbonyl (C=O) groups is 2. The Bertz CT molecular complexity index is 2310. The van der Waals surface area contributed by atoms with Crippen LogP contribution in [0.15, 0.2) is 71.0 Å². The third-order valence-electron chi connectivity index (χ3n) is 11.7. The van der Waals surface area contributed by atoms with Gasteiger partial charge in [0.2, 0.25) is 18.6 Å². The van der Waals surface area contributed by atoms with Crippen molar-refractivity contribution in [2.45, 2.75) is 102 Å². The Hall–Kier alpha value is -6.19. The van der Waals surface area contributed by atoms with Crippen LogP contribution in [0.5, 0.6) is 0 Å². The van der Waals surface area contributed by atoms with Gasteiger partial charge in [0, 0.05) is 43.2 Å². The molecule has 0 radical (unpaired) electrons. The van der Waals surface area contributed by atoms with Crippen LogP contribution in [0.25, 0.3) is 0 Å². The maximum absolute atomic E-state index is 13.5. The molecule has 4 aliphatic rings. The zero-order chi connectivity index (χ0) is 40.7. The Balaban J connectivity index is 0.791. The maximum Gasteiger partial charge on any atom is 0.313 e. The molecule has 1 aliphatic carbocycles. The quantitative estimate of drug-likeness (QED) is 0.0794. The van der Waals surface area contributed by atoms with Gasteiger partial charge in [0.1, 0.15) is 29.6 Å². The number of hydrogen-bond acceptors (Lipinski definition) is 15. The van der Waals surface area contributed by atoms with Gasteiger partial charge < -0.3 is 29.3 Å². The molecule has 16 nitrogen and oxygen atoms in total. The van der Waals surface area contributed by atoms with Crippen molar-refractivity contribution in [3.63, 3.8) is 0 Å². The van der Waals surface area contributed by atoms with Gasteiger partial charge in [0.15, 0.2) is 5.82 Å². The monoisotopic (exact) mass is 814 g/mol. The normalized spacial score (nSPS) is 18.7. The molecule has 2 N–H and O–H groups in total.